The van der Waals surface area contributed by atoms with Crippen LogP contribution in [0.5, 0.6) is 0 Å². The zero-order valence-electron chi connectivity index (χ0n) is 17.1. The van der Waals surface area contributed by atoms with E-state index in [4.69, 9.17) is 0 Å². The van der Waals surface area contributed by atoms with E-state index in [-0.39, 0.29) is 12.4 Å². The van der Waals surface area contributed by atoms with Crippen LogP contribution >= 0.6 is 11.3 Å². The summed E-state index contributed by atoms with van der Waals surface area (Å²) in [5.41, 5.74) is 4.85. The summed E-state index contributed by atoms with van der Waals surface area (Å²) in [6.45, 7) is 1.61. The minimum absolute atomic E-state index is 0.216. The minimum atomic E-state index is -0.472. The number of imidazole rings is 1. The van der Waals surface area contributed by atoms with E-state index < -0.39 is 6.67 Å². The van der Waals surface area contributed by atoms with Gasteiger partial charge < -0.3 is 9.88 Å². The first-order chi connectivity index (χ1) is 15.1. The zero-order valence-corrected chi connectivity index (χ0v) is 17.9. The lowest BCUT2D eigenvalue weighted by atomic mass is 9.97. The summed E-state index contributed by atoms with van der Waals surface area (Å²) in [5, 5.41) is 10.5. The molecule has 1 aliphatic rings. The van der Waals surface area contributed by atoms with Gasteiger partial charge in [-0.15, -0.1) is 11.3 Å². The molecule has 0 aliphatic heterocycles. The number of aryl methyl sites for hydroxylation is 3. The van der Waals surface area contributed by atoms with E-state index in [0.717, 1.165) is 48.5 Å². The van der Waals surface area contributed by atoms with Crippen molar-refractivity contribution in [3.05, 3.63) is 58.9 Å². The first kappa shape index (κ1) is 19.9. The molecule has 160 valence electrons. The standard InChI is InChI=1S/C22H22F2N6S/c1-14-11-29(13-25-14)20-7-6-15(10-17(20)24)19-12-31-22(26-19)27-21-16-4-2-3-5-18(16)28-30(21)9-8-23/h6-7,10-13H,2-5,8-9H2,1H3,(H,26,27). The fraction of sp³-hybridized carbons (Fsp3) is 0.318. The Hall–Kier alpha value is -3.07. The molecule has 1 N–H and O–H groups in total. The molecule has 0 radical (unpaired) electrons. The quantitative estimate of drug-likeness (QED) is 0.446. The third kappa shape index (κ3) is 3.85. The molecular weight excluding hydrogens is 418 g/mol. The van der Waals surface area contributed by atoms with Crippen LogP contribution in [-0.4, -0.2) is 31.0 Å². The van der Waals surface area contributed by atoms with Gasteiger partial charge in [0.2, 0.25) is 0 Å². The second-order valence-corrected chi connectivity index (χ2v) is 8.50. The highest BCUT2D eigenvalue weighted by molar-refractivity contribution is 7.14. The van der Waals surface area contributed by atoms with E-state index >= 15 is 0 Å². The number of alkyl halides is 1. The molecule has 0 atom stereocenters. The smallest absolute Gasteiger partial charge is 0.188 e. The summed E-state index contributed by atoms with van der Waals surface area (Å²) >= 11 is 1.44. The molecule has 6 nitrogen and oxygen atoms in total. The van der Waals surface area contributed by atoms with Crippen molar-refractivity contribution in [2.45, 2.75) is 39.2 Å². The van der Waals surface area contributed by atoms with E-state index in [2.05, 4.69) is 20.4 Å². The summed E-state index contributed by atoms with van der Waals surface area (Å²) in [6.07, 6.45) is 7.45. The lowest BCUT2D eigenvalue weighted by Gasteiger charge is -2.12. The summed E-state index contributed by atoms with van der Waals surface area (Å²) in [4.78, 5) is 8.79. The van der Waals surface area contributed by atoms with Gasteiger partial charge in [0.05, 0.1) is 35.6 Å². The number of thiazole rings is 1. The van der Waals surface area contributed by atoms with Gasteiger partial charge in [0.25, 0.3) is 0 Å². The lowest BCUT2D eigenvalue weighted by molar-refractivity contribution is 0.428. The first-order valence-electron chi connectivity index (χ1n) is 10.3. The maximum absolute atomic E-state index is 14.7. The van der Waals surface area contributed by atoms with Gasteiger partial charge in [-0.3, -0.25) is 0 Å². The van der Waals surface area contributed by atoms with Crippen LogP contribution < -0.4 is 5.32 Å². The van der Waals surface area contributed by atoms with Crippen molar-refractivity contribution in [2.75, 3.05) is 12.0 Å². The maximum Gasteiger partial charge on any atom is 0.188 e. The van der Waals surface area contributed by atoms with Crippen LogP contribution in [0.4, 0.5) is 19.7 Å². The Kier molecular flexibility index (Phi) is 5.27. The maximum atomic E-state index is 14.7. The average Bonchev–Trinajstić information content (AvgIpc) is 3.48. The summed E-state index contributed by atoms with van der Waals surface area (Å²) in [6, 6.07) is 5.06. The predicted octanol–water partition coefficient (Wildman–Crippen LogP) is 5.23. The third-order valence-electron chi connectivity index (χ3n) is 5.48. The van der Waals surface area contributed by atoms with Crippen LogP contribution in [0.1, 0.15) is 29.8 Å². The third-order valence-corrected chi connectivity index (χ3v) is 6.24. The molecule has 0 spiro atoms. The number of fused-ring (bicyclic) bond motifs is 1. The van der Waals surface area contributed by atoms with Crippen LogP contribution in [0.15, 0.2) is 36.1 Å². The highest BCUT2D eigenvalue weighted by Crippen LogP contribution is 2.33. The van der Waals surface area contributed by atoms with Gasteiger partial charge in [-0.05, 0) is 44.7 Å². The van der Waals surface area contributed by atoms with Crippen molar-refractivity contribution >= 4 is 22.3 Å². The van der Waals surface area contributed by atoms with E-state index in [0.29, 0.717) is 22.1 Å². The molecule has 4 aromatic rings. The van der Waals surface area contributed by atoms with Crippen LogP contribution in [0.25, 0.3) is 16.9 Å². The molecule has 31 heavy (non-hydrogen) atoms. The highest BCUT2D eigenvalue weighted by Gasteiger charge is 2.21. The van der Waals surface area contributed by atoms with Crippen molar-refractivity contribution in [3.63, 3.8) is 0 Å². The van der Waals surface area contributed by atoms with Gasteiger partial charge in [0.1, 0.15) is 18.3 Å². The van der Waals surface area contributed by atoms with Crippen molar-refractivity contribution in [1.82, 2.24) is 24.3 Å². The van der Waals surface area contributed by atoms with Gasteiger partial charge in [0.15, 0.2) is 5.13 Å². The van der Waals surface area contributed by atoms with Crippen molar-refractivity contribution in [3.8, 4) is 16.9 Å². The van der Waals surface area contributed by atoms with Crippen molar-refractivity contribution in [1.29, 1.82) is 0 Å². The number of anilines is 2. The topological polar surface area (TPSA) is 60.6 Å². The SMILES string of the molecule is Cc1cn(-c2ccc(-c3csc(Nc4c5c(nn4CCF)CCCC5)n3)cc2F)cn1. The van der Waals surface area contributed by atoms with Gasteiger partial charge in [0, 0.05) is 22.7 Å². The second-order valence-electron chi connectivity index (χ2n) is 7.64. The average molecular weight is 441 g/mol. The highest BCUT2D eigenvalue weighted by atomic mass is 32.1. The van der Waals surface area contributed by atoms with Crippen molar-refractivity contribution < 1.29 is 8.78 Å². The number of rotatable bonds is 6. The fourth-order valence-corrected chi connectivity index (χ4v) is 4.70. The molecule has 9 heteroatoms. The normalized spacial score (nSPS) is 13.4. The van der Waals surface area contributed by atoms with E-state index in [9.17, 15) is 8.78 Å². The monoisotopic (exact) mass is 440 g/mol. The molecule has 0 unspecified atom stereocenters. The minimum Gasteiger partial charge on any atom is -0.316 e. The molecule has 1 aromatic carbocycles. The van der Waals surface area contributed by atoms with E-state index in [1.54, 1.807) is 27.8 Å². The second kappa shape index (κ2) is 8.22. The van der Waals surface area contributed by atoms with Gasteiger partial charge in [-0.2, -0.15) is 5.10 Å². The number of nitrogens with zero attached hydrogens (tertiary/aromatic N) is 5. The van der Waals surface area contributed by atoms with Crippen LogP contribution in [0, 0.1) is 12.7 Å². The predicted molar refractivity (Wildman–Crippen MR) is 117 cm³/mol. The van der Waals surface area contributed by atoms with Crippen LogP contribution in [-0.2, 0) is 19.4 Å². The number of halogens is 2. The Bertz CT molecular complexity index is 1220. The Labute approximate surface area is 182 Å². The van der Waals surface area contributed by atoms with Crippen LogP contribution in [0.3, 0.4) is 0 Å². The van der Waals surface area contributed by atoms with Crippen molar-refractivity contribution in [2.24, 2.45) is 0 Å². The number of nitrogens with one attached hydrogen (secondary N) is 1. The lowest BCUT2D eigenvalue weighted by Crippen LogP contribution is -2.07. The fourth-order valence-electron chi connectivity index (χ4n) is 3.98. The number of hydrogen-bond donors (Lipinski definition) is 1. The zero-order chi connectivity index (χ0) is 21.4. The number of hydrogen-bond acceptors (Lipinski definition) is 5. The first-order valence-corrected chi connectivity index (χ1v) is 11.2. The number of aromatic nitrogens is 5. The molecule has 5 rings (SSSR count). The molecule has 0 saturated heterocycles. The molecule has 3 heterocycles. The summed E-state index contributed by atoms with van der Waals surface area (Å²) in [5.74, 6) is 0.484. The summed E-state index contributed by atoms with van der Waals surface area (Å²) in [7, 11) is 0. The van der Waals surface area contributed by atoms with Gasteiger partial charge in [-0.25, -0.2) is 23.4 Å². The van der Waals surface area contributed by atoms with E-state index in [1.165, 1.54) is 17.4 Å². The Balaban J connectivity index is 1.41. The molecule has 0 bridgehead atoms. The molecule has 0 saturated carbocycles. The largest absolute Gasteiger partial charge is 0.316 e. The van der Waals surface area contributed by atoms with Crippen LogP contribution in [0.2, 0.25) is 0 Å². The van der Waals surface area contributed by atoms with Gasteiger partial charge in [-0.1, -0.05) is 6.07 Å². The Morgan fingerprint density at radius 2 is 2.10 bits per heavy atom. The number of benzene rings is 1. The van der Waals surface area contributed by atoms with Gasteiger partial charge >= 0.3 is 0 Å². The summed E-state index contributed by atoms with van der Waals surface area (Å²) < 4.78 is 31.1. The molecular formula is C22H22F2N6S. The molecule has 3 aromatic heterocycles. The Morgan fingerprint density at radius 3 is 2.87 bits per heavy atom. The van der Waals surface area contributed by atoms with E-state index in [1.807, 2.05) is 18.4 Å². The Morgan fingerprint density at radius 1 is 1.23 bits per heavy atom. The molecule has 0 amide bonds. The molecule has 1 aliphatic carbocycles. The molecule has 0 fully saturated rings.